The molecule has 0 atom stereocenters. The molecule has 1 aromatic carbocycles. The van der Waals surface area contributed by atoms with Gasteiger partial charge in [-0.1, -0.05) is 41.5 Å². The van der Waals surface area contributed by atoms with Crippen molar-refractivity contribution in [1.82, 2.24) is 5.32 Å². The minimum atomic E-state index is -0.743. The standard InChI is InChI=1S/C20H29NO5/c1-8-25-16(23)11-21-18(24)26-17-14(19(2,3)4)9-13(12-22)10-15(17)20(5,6)7/h9-10,12H,8,11H2,1-7H3,(H,21,24). The second kappa shape index (κ2) is 8.34. The molecule has 1 aromatic rings. The van der Waals surface area contributed by atoms with Gasteiger partial charge < -0.3 is 14.8 Å². The van der Waals surface area contributed by atoms with Gasteiger partial charge in [-0.3, -0.25) is 9.59 Å². The lowest BCUT2D eigenvalue weighted by Gasteiger charge is -2.29. The van der Waals surface area contributed by atoms with E-state index >= 15 is 0 Å². The summed E-state index contributed by atoms with van der Waals surface area (Å²) in [6, 6.07) is 3.46. The van der Waals surface area contributed by atoms with Crippen LogP contribution in [0.1, 0.15) is 70.0 Å². The summed E-state index contributed by atoms with van der Waals surface area (Å²) in [5.74, 6) is -0.121. The van der Waals surface area contributed by atoms with Crippen molar-refractivity contribution in [2.45, 2.75) is 59.3 Å². The van der Waals surface area contributed by atoms with Gasteiger partial charge in [-0.05, 0) is 29.9 Å². The van der Waals surface area contributed by atoms with Gasteiger partial charge in [0, 0.05) is 16.7 Å². The Hall–Kier alpha value is -2.37. The van der Waals surface area contributed by atoms with Crippen LogP contribution in [0.4, 0.5) is 4.79 Å². The van der Waals surface area contributed by atoms with Gasteiger partial charge in [-0.2, -0.15) is 0 Å². The molecule has 0 aliphatic carbocycles. The molecular formula is C20H29NO5. The highest BCUT2D eigenvalue weighted by Crippen LogP contribution is 2.40. The predicted molar refractivity (Wildman–Crippen MR) is 99.9 cm³/mol. The topological polar surface area (TPSA) is 81.7 Å². The Bertz CT molecular complexity index is 645. The number of ether oxygens (including phenoxy) is 2. The van der Waals surface area contributed by atoms with Gasteiger partial charge in [0.25, 0.3) is 0 Å². The largest absolute Gasteiger partial charge is 0.465 e. The van der Waals surface area contributed by atoms with E-state index < -0.39 is 12.1 Å². The normalized spacial score (nSPS) is 11.7. The lowest BCUT2D eigenvalue weighted by atomic mass is 9.78. The van der Waals surface area contributed by atoms with E-state index in [9.17, 15) is 14.4 Å². The number of carbonyl (C=O) groups is 3. The van der Waals surface area contributed by atoms with Crippen LogP contribution in [0.2, 0.25) is 0 Å². The minimum absolute atomic E-state index is 0.241. The molecule has 0 saturated heterocycles. The molecule has 26 heavy (non-hydrogen) atoms. The summed E-state index contributed by atoms with van der Waals surface area (Å²) in [4.78, 5) is 35.0. The highest BCUT2D eigenvalue weighted by molar-refractivity contribution is 5.81. The maximum Gasteiger partial charge on any atom is 0.413 e. The van der Waals surface area contributed by atoms with Crippen molar-refractivity contribution in [3.05, 3.63) is 28.8 Å². The van der Waals surface area contributed by atoms with Crippen LogP contribution >= 0.6 is 0 Å². The Balaban J connectivity index is 3.28. The third-order valence-electron chi connectivity index (χ3n) is 3.74. The molecule has 1 N–H and O–H groups in total. The van der Waals surface area contributed by atoms with E-state index in [-0.39, 0.29) is 24.0 Å². The summed E-state index contributed by atoms with van der Waals surface area (Å²) in [5.41, 5.74) is 1.32. The van der Waals surface area contributed by atoms with E-state index in [1.54, 1.807) is 19.1 Å². The number of amides is 1. The van der Waals surface area contributed by atoms with Crippen LogP contribution in [-0.4, -0.2) is 31.5 Å². The molecule has 0 unspecified atom stereocenters. The van der Waals surface area contributed by atoms with E-state index in [1.807, 2.05) is 41.5 Å². The van der Waals surface area contributed by atoms with Crippen molar-refractivity contribution in [2.75, 3.05) is 13.2 Å². The van der Waals surface area contributed by atoms with Gasteiger partial charge in [-0.25, -0.2) is 4.79 Å². The Morgan fingerprint density at radius 1 is 1.04 bits per heavy atom. The summed E-state index contributed by atoms with van der Waals surface area (Å²) in [6.45, 7) is 13.5. The second-order valence-electron chi connectivity index (χ2n) is 8.11. The van der Waals surface area contributed by atoms with Gasteiger partial charge in [0.1, 0.15) is 18.6 Å². The number of benzene rings is 1. The fourth-order valence-electron chi connectivity index (χ4n) is 2.43. The van der Waals surface area contributed by atoms with Gasteiger partial charge in [-0.15, -0.1) is 0 Å². The van der Waals surface area contributed by atoms with Crippen LogP contribution in [-0.2, 0) is 20.4 Å². The fourth-order valence-corrected chi connectivity index (χ4v) is 2.43. The molecule has 0 aromatic heterocycles. The van der Waals surface area contributed by atoms with Crippen molar-refractivity contribution in [3.63, 3.8) is 0 Å². The molecule has 1 amide bonds. The smallest absolute Gasteiger partial charge is 0.413 e. The zero-order valence-electron chi connectivity index (χ0n) is 16.7. The van der Waals surface area contributed by atoms with Crippen molar-refractivity contribution < 1.29 is 23.9 Å². The molecule has 0 heterocycles. The molecule has 6 nitrogen and oxygen atoms in total. The number of aldehydes is 1. The van der Waals surface area contributed by atoms with Crippen LogP contribution in [0.3, 0.4) is 0 Å². The van der Waals surface area contributed by atoms with E-state index in [1.165, 1.54) is 0 Å². The molecule has 0 spiro atoms. The number of hydrogen-bond donors (Lipinski definition) is 1. The first-order chi connectivity index (χ1) is 11.9. The number of esters is 1. The molecule has 0 radical (unpaired) electrons. The van der Waals surface area contributed by atoms with Crippen LogP contribution < -0.4 is 10.1 Å². The molecule has 1 rings (SSSR count). The molecule has 0 bridgehead atoms. The first-order valence-electron chi connectivity index (χ1n) is 8.65. The molecule has 6 heteroatoms. The average molecular weight is 363 g/mol. The highest BCUT2D eigenvalue weighted by atomic mass is 16.6. The maximum atomic E-state index is 12.2. The average Bonchev–Trinajstić information content (AvgIpc) is 2.51. The zero-order valence-corrected chi connectivity index (χ0v) is 16.7. The van der Waals surface area contributed by atoms with Gasteiger partial charge in [0.05, 0.1) is 6.61 Å². The Kier molecular flexibility index (Phi) is 6.95. The van der Waals surface area contributed by atoms with Crippen molar-refractivity contribution in [3.8, 4) is 5.75 Å². The number of hydrogen-bond acceptors (Lipinski definition) is 5. The SMILES string of the molecule is CCOC(=O)CNC(=O)Oc1c(C(C)(C)C)cc(C=O)cc1C(C)(C)C. The molecule has 144 valence electrons. The first-order valence-corrected chi connectivity index (χ1v) is 8.65. The van der Waals surface area contributed by atoms with Crippen LogP contribution in [0.25, 0.3) is 0 Å². The third-order valence-corrected chi connectivity index (χ3v) is 3.74. The molecule has 0 saturated carbocycles. The molecule has 0 aliphatic heterocycles. The molecular weight excluding hydrogens is 334 g/mol. The summed E-state index contributed by atoms with van der Waals surface area (Å²) in [7, 11) is 0. The lowest BCUT2D eigenvalue weighted by Crippen LogP contribution is -2.34. The lowest BCUT2D eigenvalue weighted by molar-refractivity contribution is -0.141. The Morgan fingerprint density at radius 2 is 1.54 bits per heavy atom. The van der Waals surface area contributed by atoms with E-state index in [2.05, 4.69) is 5.32 Å². The van der Waals surface area contributed by atoms with Crippen LogP contribution in [0.5, 0.6) is 5.75 Å². The summed E-state index contributed by atoms with van der Waals surface area (Å²) in [5, 5.41) is 2.40. The van der Waals surface area contributed by atoms with Gasteiger partial charge >= 0.3 is 12.1 Å². The van der Waals surface area contributed by atoms with E-state index in [0.29, 0.717) is 11.3 Å². The molecule has 0 aliphatic rings. The second-order valence-corrected chi connectivity index (χ2v) is 8.11. The Labute approximate surface area is 155 Å². The number of nitrogens with one attached hydrogen (secondary N) is 1. The monoisotopic (exact) mass is 363 g/mol. The highest BCUT2D eigenvalue weighted by Gasteiger charge is 2.29. The van der Waals surface area contributed by atoms with Crippen molar-refractivity contribution in [1.29, 1.82) is 0 Å². The number of carbonyl (C=O) groups excluding carboxylic acids is 3. The maximum absolute atomic E-state index is 12.2. The summed E-state index contributed by atoms with van der Waals surface area (Å²) < 4.78 is 10.4. The minimum Gasteiger partial charge on any atom is -0.465 e. The quantitative estimate of drug-likeness (QED) is 0.636. The summed E-state index contributed by atoms with van der Waals surface area (Å²) in [6.07, 6.45) is 0.0441. The van der Waals surface area contributed by atoms with E-state index in [0.717, 1.165) is 17.4 Å². The van der Waals surface area contributed by atoms with Crippen LogP contribution in [0.15, 0.2) is 12.1 Å². The number of rotatable bonds is 5. The summed E-state index contributed by atoms with van der Waals surface area (Å²) >= 11 is 0. The van der Waals surface area contributed by atoms with Gasteiger partial charge in [0.2, 0.25) is 0 Å². The van der Waals surface area contributed by atoms with E-state index in [4.69, 9.17) is 9.47 Å². The first kappa shape index (κ1) is 21.7. The van der Waals surface area contributed by atoms with Crippen molar-refractivity contribution in [2.24, 2.45) is 0 Å². The van der Waals surface area contributed by atoms with Gasteiger partial charge in [0.15, 0.2) is 0 Å². The Morgan fingerprint density at radius 3 is 1.92 bits per heavy atom. The van der Waals surface area contributed by atoms with Crippen molar-refractivity contribution >= 4 is 18.3 Å². The zero-order chi connectivity index (χ0) is 20.1. The van der Waals surface area contributed by atoms with Crippen LogP contribution in [0, 0.1) is 0 Å². The third kappa shape index (κ3) is 5.86. The fraction of sp³-hybridized carbons (Fsp3) is 0.550. The predicted octanol–water partition coefficient (Wildman–Crippen LogP) is 3.75. The molecule has 0 fully saturated rings.